The molecule has 38 heavy (non-hydrogen) atoms. The minimum absolute atomic E-state index is 0.0169. The van der Waals surface area contributed by atoms with Gasteiger partial charge in [-0.3, -0.25) is 9.52 Å². The van der Waals surface area contributed by atoms with Crippen molar-refractivity contribution in [3.63, 3.8) is 0 Å². The highest BCUT2D eigenvalue weighted by Gasteiger charge is 2.24. The number of hydrogen-bond donors (Lipinski definition) is 3. The molecule has 0 saturated heterocycles. The fraction of sp³-hybridized carbons (Fsp3) is 0.0714. The van der Waals surface area contributed by atoms with Gasteiger partial charge in [0.1, 0.15) is 6.04 Å². The predicted molar refractivity (Wildman–Crippen MR) is 159 cm³/mol. The molecule has 0 bridgehead atoms. The minimum atomic E-state index is -3.99. The van der Waals surface area contributed by atoms with Gasteiger partial charge in [0.05, 0.1) is 16.1 Å². The fourth-order valence-electron chi connectivity index (χ4n) is 3.75. The average molecular weight is 705 g/mol. The maximum absolute atomic E-state index is 13.2. The minimum Gasteiger partial charge on any atom is -0.480 e. The third-order valence-electron chi connectivity index (χ3n) is 5.70. The first kappa shape index (κ1) is 27.8. The number of carbonyl (C=O) groups excluding carboxylic acids is 1. The molecule has 194 valence electrons. The first-order valence-corrected chi connectivity index (χ1v) is 14.7. The van der Waals surface area contributed by atoms with Gasteiger partial charge in [0.15, 0.2) is 0 Å². The summed E-state index contributed by atoms with van der Waals surface area (Å²) < 4.78 is 29.7. The van der Waals surface area contributed by atoms with Crippen LogP contribution < -0.4 is 10.0 Å². The topological polar surface area (TPSA) is 113 Å². The Kier molecular flexibility index (Phi) is 8.85. The number of nitrogens with one attached hydrogen (secondary N) is 2. The summed E-state index contributed by atoms with van der Waals surface area (Å²) in [6.07, 6.45) is 0.0556. The molecule has 0 aliphatic carbocycles. The molecule has 7 nitrogen and oxygen atoms in total. The summed E-state index contributed by atoms with van der Waals surface area (Å²) in [5.74, 6) is -1.90. The summed E-state index contributed by atoms with van der Waals surface area (Å²) in [7, 11) is -3.99. The first-order chi connectivity index (χ1) is 18.1. The Labute approximate surface area is 242 Å². The fourth-order valence-corrected chi connectivity index (χ4v) is 5.58. The van der Waals surface area contributed by atoms with Crippen molar-refractivity contribution in [2.75, 3.05) is 4.72 Å². The van der Waals surface area contributed by atoms with E-state index in [4.69, 9.17) is 0 Å². The van der Waals surface area contributed by atoms with Gasteiger partial charge in [0.25, 0.3) is 15.9 Å². The van der Waals surface area contributed by atoms with Gasteiger partial charge in [-0.05, 0) is 81.7 Å². The van der Waals surface area contributed by atoms with Crippen molar-refractivity contribution in [2.24, 2.45) is 0 Å². The molecule has 1 amide bonds. The molecule has 0 saturated carbocycles. The van der Waals surface area contributed by atoms with E-state index in [1.165, 1.54) is 24.3 Å². The van der Waals surface area contributed by atoms with Crippen LogP contribution in [0.3, 0.4) is 0 Å². The van der Waals surface area contributed by atoms with Gasteiger partial charge in [0, 0.05) is 14.5 Å². The Hall–Kier alpha value is -3.22. The van der Waals surface area contributed by atoms with Crippen LogP contribution in [0, 0.1) is 3.57 Å². The molecular weight excluding hydrogens is 683 g/mol. The molecule has 0 aliphatic rings. The molecule has 0 radical (unpaired) electrons. The van der Waals surface area contributed by atoms with Crippen molar-refractivity contribution >= 4 is 66.1 Å². The molecule has 0 aliphatic heterocycles. The summed E-state index contributed by atoms with van der Waals surface area (Å²) in [5, 5.41) is 12.4. The number of rotatable bonds is 9. The summed E-state index contributed by atoms with van der Waals surface area (Å²) in [6.45, 7) is 0. The third-order valence-corrected chi connectivity index (χ3v) is 8.28. The number of sulfonamides is 1. The van der Waals surface area contributed by atoms with Gasteiger partial charge in [-0.15, -0.1) is 0 Å². The Balaban J connectivity index is 1.53. The number of carbonyl (C=O) groups is 2. The smallest absolute Gasteiger partial charge is 0.326 e. The number of hydrogen-bond acceptors (Lipinski definition) is 4. The maximum Gasteiger partial charge on any atom is 0.326 e. The van der Waals surface area contributed by atoms with Gasteiger partial charge in [0.2, 0.25) is 0 Å². The van der Waals surface area contributed by atoms with E-state index in [0.717, 1.165) is 21.2 Å². The Morgan fingerprint density at radius 1 is 0.868 bits per heavy atom. The zero-order valence-electron chi connectivity index (χ0n) is 19.8. The van der Waals surface area contributed by atoms with E-state index in [-0.39, 0.29) is 22.6 Å². The maximum atomic E-state index is 13.2. The highest BCUT2D eigenvalue weighted by molar-refractivity contribution is 14.1. The monoisotopic (exact) mass is 704 g/mol. The largest absolute Gasteiger partial charge is 0.480 e. The average Bonchev–Trinajstić information content (AvgIpc) is 2.90. The van der Waals surface area contributed by atoms with E-state index in [2.05, 4.69) is 26.0 Å². The zero-order chi connectivity index (χ0) is 27.3. The summed E-state index contributed by atoms with van der Waals surface area (Å²) in [5.41, 5.74) is 2.83. The molecule has 0 aromatic heterocycles. The molecule has 1 atom stereocenters. The quantitative estimate of drug-likeness (QED) is 0.187. The number of aliphatic carboxylic acids is 1. The SMILES string of the molecule is O=C(N[C@@H](Cc1ccc(-c2ccccc2)cc1)C(=O)O)c1cc(I)ccc1NS(=O)(=O)c1ccc(Br)cc1. The van der Waals surface area contributed by atoms with Crippen LogP contribution >= 0.6 is 38.5 Å². The molecule has 10 heteroatoms. The Morgan fingerprint density at radius 3 is 2.13 bits per heavy atom. The molecular formula is C28H22BrIN2O5S. The summed E-state index contributed by atoms with van der Waals surface area (Å²) in [6, 6.07) is 26.7. The van der Waals surface area contributed by atoms with Crippen LogP contribution in [0.4, 0.5) is 5.69 Å². The van der Waals surface area contributed by atoms with E-state index in [0.29, 0.717) is 3.57 Å². The lowest BCUT2D eigenvalue weighted by molar-refractivity contribution is -0.139. The highest BCUT2D eigenvalue weighted by Crippen LogP contribution is 2.24. The molecule has 4 aromatic rings. The molecule has 0 heterocycles. The molecule has 0 spiro atoms. The van der Waals surface area contributed by atoms with E-state index >= 15 is 0 Å². The standard InChI is InChI=1S/C28H22BrIN2O5S/c29-21-10-13-23(14-11-21)38(36,37)32-25-15-12-22(30)17-24(25)27(33)31-26(28(34)35)16-18-6-8-20(9-7-18)19-4-2-1-3-5-19/h1-15,17,26,32H,16H2,(H,31,33)(H,34,35)/t26-/m0/s1. The molecule has 4 aromatic carbocycles. The third kappa shape index (κ3) is 7.00. The normalized spacial score (nSPS) is 11.9. The number of anilines is 1. The number of halogens is 2. The van der Waals surface area contributed by atoms with Gasteiger partial charge in [-0.1, -0.05) is 70.5 Å². The molecule has 0 unspecified atom stereocenters. The lowest BCUT2D eigenvalue weighted by atomic mass is 10.0. The number of carboxylic acids is 1. The Bertz CT molecular complexity index is 1560. The van der Waals surface area contributed by atoms with Crippen LogP contribution in [0.25, 0.3) is 11.1 Å². The van der Waals surface area contributed by atoms with Crippen LogP contribution in [-0.4, -0.2) is 31.4 Å². The summed E-state index contributed by atoms with van der Waals surface area (Å²) in [4.78, 5) is 25.3. The van der Waals surface area contributed by atoms with Gasteiger partial charge in [-0.2, -0.15) is 0 Å². The number of benzene rings is 4. The van der Waals surface area contributed by atoms with Crippen LogP contribution in [0.1, 0.15) is 15.9 Å². The van der Waals surface area contributed by atoms with E-state index in [1.807, 2.05) is 77.2 Å². The number of carboxylic acid groups (broad SMARTS) is 1. The predicted octanol–water partition coefficient (Wildman–Crippen LogP) is 5.95. The van der Waals surface area contributed by atoms with Gasteiger partial charge < -0.3 is 10.4 Å². The second-order valence-electron chi connectivity index (χ2n) is 8.38. The first-order valence-electron chi connectivity index (χ1n) is 11.4. The lowest BCUT2D eigenvalue weighted by Crippen LogP contribution is -2.42. The van der Waals surface area contributed by atoms with Crippen molar-refractivity contribution in [3.05, 3.63) is 116 Å². The highest BCUT2D eigenvalue weighted by atomic mass is 127. The molecule has 4 rings (SSSR count). The molecule has 3 N–H and O–H groups in total. The second kappa shape index (κ2) is 12.1. The van der Waals surface area contributed by atoms with E-state index in [1.54, 1.807) is 18.2 Å². The van der Waals surface area contributed by atoms with Crippen molar-refractivity contribution in [3.8, 4) is 11.1 Å². The second-order valence-corrected chi connectivity index (χ2v) is 12.2. The van der Waals surface area contributed by atoms with Crippen LogP contribution in [0.15, 0.2) is 106 Å². The van der Waals surface area contributed by atoms with Crippen molar-refractivity contribution < 1.29 is 23.1 Å². The van der Waals surface area contributed by atoms with Crippen molar-refractivity contribution in [2.45, 2.75) is 17.4 Å². The van der Waals surface area contributed by atoms with Gasteiger partial charge >= 0.3 is 5.97 Å². The van der Waals surface area contributed by atoms with E-state index in [9.17, 15) is 23.1 Å². The van der Waals surface area contributed by atoms with Crippen LogP contribution in [0.2, 0.25) is 0 Å². The number of amides is 1. The Morgan fingerprint density at radius 2 is 1.50 bits per heavy atom. The summed E-state index contributed by atoms with van der Waals surface area (Å²) >= 11 is 5.28. The van der Waals surface area contributed by atoms with E-state index < -0.39 is 27.9 Å². The zero-order valence-corrected chi connectivity index (χ0v) is 24.3. The van der Waals surface area contributed by atoms with Crippen molar-refractivity contribution in [1.82, 2.24) is 5.32 Å². The van der Waals surface area contributed by atoms with Gasteiger partial charge in [-0.25, -0.2) is 13.2 Å². The van der Waals surface area contributed by atoms with Crippen molar-refractivity contribution in [1.29, 1.82) is 0 Å². The lowest BCUT2D eigenvalue weighted by Gasteiger charge is -2.17. The van der Waals surface area contributed by atoms with Crippen LogP contribution in [0.5, 0.6) is 0 Å². The molecule has 0 fully saturated rings. The van der Waals surface area contributed by atoms with Crippen LogP contribution in [-0.2, 0) is 21.2 Å².